The molecular weight excluding hydrogens is 292 g/mol. The van der Waals surface area contributed by atoms with Gasteiger partial charge in [0.2, 0.25) is 0 Å². The van der Waals surface area contributed by atoms with Crippen LogP contribution >= 0.6 is 0 Å². The maximum absolute atomic E-state index is 7.00. The normalized spacial score (nSPS) is 9.42. The number of aliphatic hydroxyl groups excluding tert-OH is 1. The molecule has 0 aliphatic rings. The van der Waals surface area contributed by atoms with E-state index < -0.39 is 0 Å². The average molecular weight is 320 g/mol. The van der Waals surface area contributed by atoms with Gasteiger partial charge in [0, 0.05) is 13.0 Å². The molecule has 0 heterocycles. The summed E-state index contributed by atoms with van der Waals surface area (Å²) in [4.78, 5) is 0. The highest BCUT2D eigenvalue weighted by Crippen LogP contribution is 2.31. The first-order valence-electron chi connectivity index (χ1n) is 8.46. The standard InChI is InChI=1S/C20H18.C2H6.CH4O/c1-16-12-14-19(15-13-16)20(17-8-4-2-5-9-17)18-10-6-3-7-11-18;2*1-2/h2-15,20H,1H3;1-2H3;2H,1H3. The second kappa shape index (κ2) is 11.2. The van der Waals surface area contributed by atoms with Crippen molar-refractivity contribution in [3.63, 3.8) is 0 Å². The van der Waals surface area contributed by atoms with E-state index in [4.69, 9.17) is 5.11 Å². The second-order valence-electron chi connectivity index (χ2n) is 5.17. The summed E-state index contributed by atoms with van der Waals surface area (Å²) >= 11 is 0. The van der Waals surface area contributed by atoms with Gasteiger partial charge in [-0.1, -0.05) is 104 Å². The molecule has 1 N–H and O–H groups in total. The van der Waals surface area contributed by atoms with Gasteiger partial charge in [-0.2, -0.15) is 0 Å². The third kappa shape index (κ3) is 5.36. The van der Waals surface area contributed by atoms with Gasteiger partial charge in [0.1, 0.15) is 0 Å². The highest BCUT2D eigenvalue weighted by Gasteiger charge is 2.15. The number of aryl methyl sites for hydroxylation is 1. The molecule has 0 spiro atoms. The summed E-state index contributed by atoms with van der Waals surface area (Å²) < 4.78 is 0. The Kier molecular flexibility index (Phi) is 9.18. The van der Waals surface area contributed by atoms with Crippen molar-refractivity contribution in [3.8, 4) is 0 Å². The predicted octanol–water partition coefficient (Wildman–Crippen LogP) is 5.81. The van der Waals surface area contributed by atoms with Crippen LogP contribution in [0.5, 0.6) is 0 Å². The Labute approximate surface area is 146 Å². The van der Waals surface area contributed by atoms with Crippen LogP contribution in [0.3, 0.4) is 0 Å². The van der Waals surface area contributed by atoms with Gasteiger partial charge < -0.3 is 5.11 Å². The fourth-order valence-electron chi connectivity index (χ4n) is 2.63. The molecule has 0 aromatic heterocycles. The van der Waals surface area contributed by atoms with E-state index in [-0.39, 0.29) is 0 Å². The minimum absolute atomic E-state index is 0.304. The van der Waals surface area contributed by atoms with Crippen molar-refractivity contribution in [1.29, 1.82) is 0 Å². The van der Waals surface area contributed by atoms with Crippen molar-refractivity contribution >= 4 is 0 Å². The Morgan fingerprint density at radius 2 is 0.875 bits per heavy atom. The molecule has 0 saturated carbocycles. The van der Waals surface area contributed by atoms with Crippen LogP contribution < -0.4 is 0 Å². The molecule has 0 unspecified atom stereocenters. The molecule has 0 fully saturated rings. The van der Waals surface area contributed by atoms with Gasteiger partial charge in [0.25, 0.3) is 0 Å². The Bertz CT molecular complexity index is 618. The topological polar surface area (TPSA) is 20.2 Å². The zero-order valence-corrected chi connectivity index (χ0v) is 15.1. The number of rotatable bonds is 3. The minimum Gasteiger partial charge on any atom is -0.400 e. The molecule has 3 aromatic rings. The minimum atomic E-state index is 0.304. The van der Waals surface area contributed by atoms with E-state index in [0.717, 1.165) is 7.11 Å². The number of hydrogen-bond acceptors (Lipinski definition) is 1. The van der Waals surface area contributed by atoms with Crippen LogP contribution in [0.4, 0.5) is 0 Å². The molecule has 24 heavy (non-hydrogen) atoms. The first kappa shape index (κ1) is 19.7. The Balaban J connectivity index is 0.000000671. The van der Waals surface area contributed by atoms with Gasteiger partial charge in [-0.3, -0.25) is 0 Å². The summed E-state index contributed by atoms with van der Waals surface area (Å²) in [5.41, 5.74) is 5.31. The molecule has 0 saturated heterocycles. The summed E-state index contributed by atoms with van der Waals surface area (Å²) in [5, 5.41) is 7.00. The maximum atomic E-state index is 7.00. The van der Waals surface area contributed by atoms with E-state index in [2.05, 4.69) is 91.9 Å². The molecule has 0 aliphatic carbocycles. The van der Waals surface area contributed by atoms with E-state index in [1.54, 1.807) is 0 Å². The van der Waals surface area contributed by atoms with Gasteiger partial charge in [-0.15, -0.1) is 0 Å². The zero-order chi connectivity index (χ0) is 17.8. The molecule has 126 valence electrons. The second-order valence-corrected chi connectivity index (χ2v) is 5.17. The third-order valence-corrected chi connectivity index (χ3v) is 3.68. The van der Waals surface area contributed by atoms with Crippen LogP contribution in [0.1, 0.15) is 42.0 Å². The first-order chi connectivity index (χ1) is 11.8. The van der Waals surface area contributed by atoms with Crippen LogP contribution in [0.15, 0.2) is 84.9 Å². The summed E-state index contributed by atoms with van der Waals surface area (Å²) in [6.07, 6.45) is 0. The Hall–Kier alpha value is -2.38. The SMILES string of the molecule is CC.CO.Cc1ccc(C(c2ccccc2)c2ccccc2)cc1. The molecule has 0 aliphatic heterocycles. The van der Waals surface area contributed by atoms with Gasteiger partial charge in [0.15, 0.2) is 0 Å². The van der Waals surface area contributed by atoms with Crippen LogP contribution in [0, 0.1) is 6.92 Å². The largest absolute Gasteiger partial charge is 0.400 e. The summed E-state index contributed by atoms with van der Waals surface area (Å²) in [6.45, 7) is 6.13. The smallest absolute Gasteiger partial charge is 0.0339 e. The Morgan fingerprint density at radius 3 is 1.25 bits per heavy atom. The fourth-order valence-corrected chi connectivity index (χ4v) is 2.63. The van der Waals surface area contributed by atoms with Gasteiger partial charge in [0.05, 0.1) is 0 Å². The van der Waals surface area contributed by atoms with E-state index in [9.17, 15) is 0 Å². The number of hydrogen-bond donors (Lipinski definition) is 1. The van der Waals surface area contributed by atoms with E-state index in [0.29, 0.717) is 5.92 Å². The highest BCUT2D eigenvalue weighted by atomic mass is 16.2. The van der Waals surface area contributed by atoms with Crippen molar-refractivity contribution in [2.75, 3.05) is 7.11 Å². The Morgan fingerprint density at radius 1 is 0.542 bits per heavy atom. The quantitative estimate of drug-likeness (QED) is 0.604. The third-order valence-electron chi connectivity index (χ3n) is 3.68. The molecule has 0 amide bonds. The molecule has 1 nitrogen and oxygen atoms in total. The van der Waals surface area contributed by atoms with Crippen molar-refractivity contribution in [1.82, 2.24) is 0 Å². The lowest BCUT2D eigenvalue weighted by Gasteiger charge is -2.19. The van der Waals surface area contributed by atoms with Gasteiger partial charge >= 0.3 is 0 Å². The molecule has 3 rings (SSSR count). The van der Waals surface area contributed by atoms with Crippen LogP contribution in [-0.2, 0) is 0 Å². The van der Waals surface area contributed by atoms with Crippen molar-refractivity contribution < 1.29 is 5.11 Å². The molecule has 0 radical (unpaired) electrons. The highest BCUT2D eigenvalue weighted by molar-refractivity contribution is 5.43. The van der Waals surface area contributed by atoms with E-state index >= 15 is 0 Å². The van der Waals surface area contributed by atoms with E-state index in [1.807, 2.05) is 13.8 Å². The number of aliphatic hydroxyl groups is 1. The average Bonchev–Trinajstić information content (AvgIpc) is 2.69. The lowest BCUT2D eigenvalue weighted by molar-refractivity contribution is 0.399. The van der Waals surface area contributed by atoms with E-state index in [1.165, 1.54) is 22.3 Å². The van der Waals surface area contributed by atoms with Crippen LogP contribution in [0.25, 0.3) is 0 Å². The predicted molar refractivity (Wildman–Crippen MR) is 104 cm³/mol. The monoisotopic (exact) mass is 320 g/mol. The lowest BCUT2D eigenvalue weighted by atomic mass is 9.85. The van der Waals surface area contributed by atoms with Crippen LogP contribution in [-0.4, -0.2) is 12.2 Å². The van der Waals surface area contributed by atoms with Crippen LogP contribution in [0.2, 0.25) is 0 Å². The molecule has 3 aromatic carbocycles. The fraction of sp³-hybridized carbons (Fsp3) is 0.217. The number of benzene rings is 3. The zero-order valence-electron chi connectivity index (χ0n) is 15.1. The lowest BCUT2D eigenvalue weighted by Crippen LogP contribution is -2.03. The first-order valence-corrected chi connectivity index (χ1v) is 8.46. The van der Waals surface area contributed by atoms with Gasteiger partial charge in [-0.25, -0.2) is 0 Å². The molecule has 1 heteroatoms. The van der Waals surface area contributed by atoms with Gasteiger partial charge in [-0.05, 0) is 23.6 Å². The molecule has 0 bridgehead atoms. The van der Waals surface area contributed by atoms with Crippen molar-refractivity contribution in [3.05, 3.63) is 107 Å². The van der Waals surface area contributed by atoms with Crippen molar-refractivity contribution in [2.45, 2.75) is 26.7 Å². The maximum Gasteiger partial charge on any atom is 0.0339 e. The summed E-state index contributed by atoms with van der Waals surface area (Å²) in [6, 6.07) is 30.3. The van der Waals surface area contributed by atoms with Crippen molar-refractivity contribution in [2.24, 2.45) is 0 Å². The summed E-state index contributed by atoms with van der Waals surface area (Å²) in [5.74, 6) is 0.304. The molecular formula is C23H28O. The molecule has 0 atom stereocenters. The summed E-state index contributed by atoms with van der Waals surface area (Å²) in [7, 11) is 1.00.